The number of anilines is 1. The first-order chi connectivity index (χ1) is 11.3. The van der Waals surface area contributed by atoms with Gasteiger partial charge in [-0.2, -0.15) is 0 Å². The lowest BCUT2D eigenvalue weighted by Gasteiger charge is -2.11. The van der Waals surface area contributed by atoms with Crippen molar-refractivity contribution in [2.24, 2.45) is 5.73 Å². The molecule has 0 unspecified atom stereocenters. The molecule has 2 aromatic carbocycles. The van der Waals surface area contributed by atoms with E-state index in [1.807, 2.05) is 0 Å². The van der Waals surface area contributed by atoms with E-state index in [0.717, 1.165) is 12.1 Å². The Kier molecular flexibility index (Phi) is 4.69. The minimum absolute atomic E-state index is 0.0581. The molecular weight excluding hydrogens is 338 g/mol. The van der Waals surface area contributed by atoms with Crippen LogP contribution in [0.15, 0.2) is 47.4 Å². The number of rotatable bonds is 6. The average molecular weight is 351 g/mol. The van der Waals surface area contributed by atoms with Gasteiger partial charge in [-0.25, -0.2) is 8.42 Å². The molecule has 24 heavy (non-hydrogen) atoms. The monoisotopic (exact) mass is 351 g/mol. The predicted octanol–water partition coefficient (Wildman–Crippen LogP) is 1.50. The molecule has 126 valence electrons. The molecule has 0 aliphatic carbocycles. The van der Waals surface area contributed by atoms with Gasteiger partial charge in [0.15, 0.2) is 4.90 Å². The van der Waals surface area contributed by atoms with Gasteiger partial charge in [0.25, 0.3) is 21.6 Å². The molecular formula is C14H13N3O6S. The molecule has 0 heterocycles. The van der Waals surface area contributed by atoms with Gasteiger partial charge in [0.2, 0.25) is 0 Å². The Morgan fingerprint density at radius 3 is 2.50 bits per heavy atom. The fourth-order valence-electron chi connectivity index (χ4n) is 1.98. The second kappa shape index (κ2) is 6.54. The highest BCUT2D eigenvalue weighted by molar-refractivity contribution is 7.92. The fraction of sp³-hybridized carbons (Fsp3) is 0.0714. The van der Waals surface area contributed by atoms with E-state index in [1.54, 1.807) is 0 Å². The van der Waals surface area contributed by atoms with Crippen molar-refractivity contribution < 1.29 is 22.9 Å². The zero-order valence-corrected chi connectivity index (χ0v) is 13.2. The number of para-hydroxylation sites is 1. The van der Waals surface area contributed by atoms with Crippen molar-refractivity contribution >= 4 is 27.3 Å². The van der Waals surface area contributed by atoms with Crippen LogP contribution < -0.4 is 15.2 Å². The third kappa shape index (κ3) is 3.43. The van der Waals surface area contributed by atoms with Crippen molar-refractivity contribution in [1.82, 2.24) is 0 Å². The predicted molar refractivity (Wildman–Crippen MR) is 85.4 cm³/mol. The standard InChI is InChI=1S/C14H13N3O6S/c1-23-9-6-7-13(12(8-9)17(19)20)24(21,22)16-11-5-3-2-4-10(11)14(15)18/h2-8,16H,1H3,(H2,15,18). The highest BCUT2D eigenvalue weighted by Gasteiger charge is 2.27. The van der Waals surface area contributed by atoms with E-state index in [0.29, 0.717) is 0 Å². The molecule has 0 fully saturated rings. The molecule has 0 saturated heterocycles. The maximum atomic E-state index is 12.5. The number of methoxy groups -OCH3 is 1. The molecule has 0 aliphatic heterocycles. The lowest BCUT2D eigenvalue weighted by molar-refractivity contribution is -0.387. The number of amides is 1. The quantitative estimate of drug-likeness (QED) is 0.596. The molecule has 2 aromatic rings. The number of nitrogens with zero attached hydrogens (tertiary/aromatic N) is 1. The molecule has 0 bridgehead atoms. The SMILES string of the molecule is COc1ccc(S(=O)(=O)Nc2ccccc2C(N)=O)c([N+](=O)[O-])c1. The summed E-state index contributed by atoms with van der Waals surface area (Å²) in [7, 11) is -3.02. The van der Waals surface area contributed by atoms with Crippen LogP contribution in [-0.4, -0.2) is 26.4 Å². The van der Waals surface area contributed by atoms with Crippen molar-refractivity contribution in [3.8, 4) is 5.75 Å². The maximum Gasteiger partial charge on any atom is 0.293 e. The summed E-state index contributed by atoms with van der Waals surface area (Å²) in [5.74, 6) is -0.698. The van der Waals surface area contributed by atoms with Crippen LogP contribution in [0, 0.1) is 10.1 Å². The molecule has 10 heteroatoms. The van der Waals surface area contributed by atoms with E-state index in [9.17, 15) is 23.3 Å². The molecule has 0 saturated carbocycles. The Morgan fingerprint density at radius 1 is 1.25 bits per heavy atom. The van der Waals surface area contributed by atoms with Gasteiger partial charge in [0.05, 0.1) is 29.4 Å². The summed E-state index contributed by atoms with van der Waals surface area (Å²) in [6.07, 6.45) is 0. The van der Waals surface area contributed by atoms with E-state index in [2.05, 4.69) is 4.72 Å². The summed E-state index contributed by atoms with van der Waals surface area (Å²) >= 11 is 0. The van der Waals surface area contributed by atoms with Crippen LogP contribution in [0.25, 0.3) is 0 Å². The van der Waals surface area contributed by atoms with Crippen LogP contribution in [0.5, 0.6) is 5.75 Å². The third-order valence-corrected chi connectivity index (χ3v) is 4.50. The number of nitro groups is 1. The number of nitrogens with two attached hydrogens (primary N) is 1. The summed E-state index contributed by atoms with van der Waals surface area (Å²) in [4.78, 5) is 21.1. The minimum atomic E-state index is -4.33. The molecule has 3 N–H and O–H groups in total. The summed E-state index contributed by atoms with van der Waals surface area (Å²) < 4.78 is 32.0. The molecule has 0 atom stereocenters. The first kappa shape index (κ1) is 17.2. The third-order valence-electron chi connectivity index (χ3n) is 3.09. The van der Waals surface area contributed by atoms with E-state index in [-0.39, 0.29) is 17.0 Å². The Morgan fingerprint density at radius 2 is 1.92 bits per heavy atom. The van der Waals surface area contributed by atoms with E-state index in [4.69, 9.17) is 10.5 Å². The fourth-order valence-corrected chi connectivity index (χ4v) is 3.21. The zero-order chi connectivity index (χ0) is 17.9. The number of carbonyl (C=O) groups is 1. The van der Waals surface area contributed by atoms with Crippen molar-refractivity contribution in [2.45, 2.75) is 4.90 Å². The Labute approximate surface area is 137 Å². The highest BCUT2D eigenvalue weighted by atomic mass is 32.2. The van der Waals surface area contributed by atoms with Crippen LogP contribution in [0.4, 0.5) is 11.4 Å². The van der Waals surface area contributed by atoms with Gasteiger partial charge < -0.3 is 10.5 Å². The number of benzene rings is 2. The molecule has 2 rings (SSSR count). The Balaban J connectivity index is 2.53. The van der Waals surface area contributed by atoms with Gasteiger partial charge in [-0.1, -0.05) is 12.1 Å². The number of carbonyl (C=O) groups excluding carboxylic acids is 1. The average Bonchev–Trinajstić information content (AvgIpc) is 2.54. The van der Waals surface area contributed by atoms with Crippen LogP contribution in [0.1, 0.15) is 10.4 Å². The van der Waals surface area contributed by atoms with Gasteiger partial charge in [0, 0.05) is 0 Å². The summed E-state index contributed by atoms with van der Waals surface area (Å²) in [6, 6.07) is 8.98. The van der Waals surface area contributed by atoms with Crippen molar-refractivity contribution in [3.63, 3.8) is 0 Å². The second-order valence-corrected chi connectivity index (χ2v) is 6.26. The van der Waals surface area contributed by atoms with Crippen LogP contribution in [0.2, 0.25) is 0 Å². The first-order valence-corrected chi connectivity index (χ1v) is 7.98. The number of nitrogens with one attached hydrogen (secondary N) is 1. The Hall–Kier alpha value is -3.14. The molecule has 0 aromatic heterocycles. The Bertz CT molecular complexity index is 910. The number of ether oxygens (including phenoxy) is 1. The van der Waals surface area contributed by atoms with Gasteiger partial charge in [-0.3, -0.25) is 19.6 Å². The van der Waals surface area contributed by atoms with E-state index < -0.39 is 31.4 Å². The summed E-state index contributed by atoms with van der Waals surface area (Å²) in [5, 5.41) is 11.1. The molecule has 0 radical (unpaired) electrons. The maximum absolute atomic E-state index is 12.5. The molecule has 0 aliphatic rings. The summed E-state index contributed by atoms with van der Waals surface area (Å²) in [6.45, 7) is 0. The first-order valence-electron chi connectivity index (χ1n) is 6.50. The van der Waals surface area contributed by atoms with Gasteiger partial charge >= 0.3 is 0 Å². The highest BCUT2D eigenvalue weighted by Crippen LogP contribution is 2.30. The lowest BCUT2D eigenvalue weighted by Crippen LogP contribution is -2.19. The zero-order valence-electron chi connectivity index (χ0n) is 12.4. The lowest BCUT2D eigenvalue weighted by atomic mass is 10.2. The number of hydrogen-bond donors (Lipinski definition) is 2. The second-order valence-electron chi connectivity index (χ2n) is 4.61. The van der Waals surface area contributed by atoms with E-state index in [1.165, 1.54) is 37.4 Å². The van der Waals surface area contributed by atoms with Gasteiger partial charge in [0.1, 0.15) is 5.75 Å². The molecule has 9 nitrogen and oxygen atoms in total. The molecule has 0 spiro atoms. The number of sulfonamides is 1. The number of hydrogen-bond acceptors (Lipinski definition) is 6. The van der Waals surface area contributed by atoms with Gasteiger partial charge in [-0.05, 0) is 24.3 Å². The van der Waals surface area contributed by atoms with Crippen LogP contribution in [0.3, 0.4) is 0 Å². The number of nitro benzene ring substituents is 1. The molecule has 1 amide bonds. The number of primary amides is 1. The largest absolute Gasteiger partial charge is 0.497 e. The van der Waals surface area contributed by atoms with Crippen molar-refractivity contribution in [1.29, 1.82) is 0 Å². The van der Waals surface area contributed by atoms with Crippen molar-refractivity contribution in [3.05, 3.63) is 58.1 Å². The topological polar surface area (TPSA) is 142 Å². The van der Waals surface area contributed by atoms with Crippen LogP contribution >= 0.6 is 0 Å². The smallest absolute Gasteiger partial charge is 0.293 e. The van der Waals surface area contributed by atoms with E-state index >= 15 is 0 Å². The van der Waals surface area contributed by atoms with Crippen molar-refractivity contribution in [2.75, 3.05) is 11.8 Å². The van der Waals surface area contributed by atoms with Crippen LogP contribution in [-0.2, 0) is 10.0 Å². The minimum Gasteiger partial charge on any atom is -0.497 e. The summed E-state index contributed by atoms with van der Waals surface area (Å²) in [5.41, 5.74) is 4.40. The van der Waals surface area contributed by atoms with Gasteiger partial charge in [-0.15, -0.1) is 0 Å². The normalized spacial score (nSPS) is 10.9.